The highest BCUT2D eigenvalue weighted by atomic mass is 16.2. The largest absolute Gasteiger partial charge is 0.374 e. The highest BCUT2D eigenvalue weighted by Crippen LogP contribution is 2.28. The van der Waals surface area contributed by atoms with Gasteiger partial charge in [0.05, 0.1) is 17.9 Å². The van der Waals surface area contributed by atoms with Crippen LogP contribution in [-0.4, -0.2) is 30.9 Å². The van der Waals surface area contributed by atoms with E-state index in [2.05, 4.69) is 10.6 Å². The third-order valence-electron chi connectivity index (χ3n) is 3.17. The fourth-order valence-corrected chi connectivity index (χ4v) is 2.08. The highest BCUT2D eigenvalue weighted by molar-refractivity contribution is 6.05. The smallest absolute Gasteiger partial charge is 0.246 e. The number of hydrogen-bond acceptors (Lipinski definition) is 3. The topological polar surface area (TPSA) is 61.4 Å². The Bertz CT molecular complexity index is 497. The molecule has 1 heterocycles. The van der Waals surface area contributed by atoms with Crippen LogP contribution in [0, 0.1) is 0 Å². The SMILES string of the molecule is O=C(CN1C(=O)CNc2ccccc21)NC1CC1. The number of amides is 2. The molecule has 5 heteroatoms. The first-order valence-corrected chi connectivity index (χ1v) is 6.16. The summed E-state index contributed by atoms with van der Waals surface area (Å²) in [7, 11) is 0. The van der Waals surface area contributed by atoms with Crippen molar-refractivity contribution in [2.45, 2.75) is 18.9 Å². The molecule has 3 rings (SSSR count). The van der Waals surface area contributed by atoms with Crippen LogP contribution in [0.1, 0.15) is 12.8 Å². The van der Waals surface area contributed by atoms with Gasteiger partial charge in [-0.2, -0.15) is 0 Å². The Labute approximate surface area is 105 Å². The van der Waals surface area contributed by atoms with Gasteiger partial charge in [-0.15, -0.1) is 0 Å². The molecule has 1 aromatic carbocycles. The number of carbonyl (C=O) groups is 2. The maximum absolute atomic E-state index is 11.9. The number of fused-ring (bicyclic) bond motifs is 1. The van der Waals surface area contributed by atoms with Crippen LogP contribution >= 0.6 is 0 Å². The first-order valence-electron chi connectivity index (χ1n) is 6.16. The zero-order chi connectivity index (χ0) is 12.5. The summed E-state index contributed by atoms with van der Waals surface area (Å²) in [6.07, 6.45) is 2.11. The van der Waals surface area contributed by atoms with Gasteiger partial charge in [0.2, 0.25) is 11.8 Å². The van der Waals surface area contributed by atoms with E-state index in [0.717, 1.165) is 24.2 Å². The quantitative estimate of drug-likeness (QED) is 0.825. The standard InChI is InChI=1S/C13H15N3O2/c17-12(15-9-5-6-9)8-16-11-4-2-1-3-10(11)14-7-13(16)18/h1-4,9,14H,5-8H2,(H,15,17). The molecule has 0 atom stereocenters. The first kappa shape index (κ1) is 11.1. The van der Waals surface area contributed by atoms with E-state index in [-0.39, 0.29) is 24.9 Å². The molecular weight excluding hydrogens is 230 g/mol. The molecule has 0 aromatic heterocycles. The molecular formula is C13H15N3O2. The minimum absolute atomic E-state index is 0.0698. The summed E-state index contributed by atoms with van der Waals surface area (Å²) in [6, 6.07) is 7.86. The van der Waals surface area contributed by atoms with Crippen LogP contribution in [-0.2, 0) is 9.59 Å². The number of para-hydroxylation sites is 2. The van der Waals surface area contributed by atoms with Crippen molar-refractivity contribution in [1.29, 1.82) is 0 Å². The van der Waals surface area contributed by atoms with Crippen molar-refractivity contribution >= 4 is 23.2 Å². The Morgan fingerprint density at radius 3 is 2.94 bits per heavy atom. The normalized spacial score (nSPS) is 18.0. The molecule has 2 aliphatic rings. The summed E-state index contributed by atoms with van der Waals surface area (Å²) in [5.74, 6) is -0.151. The average molecular weight is 245 g/mol. The fraction of sp³-hybridized carbons (Fsp3) is 0.385. The molecule has 94 valence electrons. The van der Waals surface area contributed by atoms with Gasteiger partial charge in [-0.25, -0.2) is 0 Å². The average Bonchev–Trinajstić information content (AvgIpc) is 3.17. The van der Waals surface area contributed by atoms with Crippen LogP contribution in [0.3, 0.4) is 0 Å². The van der Waals surface area contributed by atoms with E-state index in [9.17, 15) is 9.59 Å². The lowest BCUT2D eigenvalue weighted by molar-refractivity contribution is -0.123. The van der Waals surface area contributed by atoms with Crippen LogP contribution in [0.15, 0.2) is 24.3 Å². The van der Waals surface area contributed by atoms with Crippen LogP contribution in [0.2, 0.25) is 0 Å². The van der Waals surface area contributed by atoms with Gasteiger partial charge in [0.25, 0.3) is 0 Å². The summed E-state index contributed by atoms with van der Waals surface area (Å²) in [5.41, 5.74) is 1.68. The Morgan fingerprint density at radius 1 is 1.39 bits per heavy atom. The lowest BCUT2D eigenvalue weighted by Gasteiger charge is -2.29. The highest BCUT2D eigenvalue weighted by Gasteiger charge is 2.28. The first-order chi connectivity index (χ1) is 8.74. The van der Waals surface area contributed by atoms with E-state index in [0.29, 0.717) is 6.04 Å². The molecule has 1 aliphatic carbocycles. The van der Waals surface area contributed by atoms with E-state index in [1.165, 1.54) is 0 Å². The van der Waals surface area contributed by atoms with E-state index in [4.69, 9.17) is 0 Å². The Balaban J connectivity index is 1.77. The number of rotatable bonds is 3. The van der Waals surface area contributed by atoms with Crippen molar-refractivity contribution in [2.24, 2.45) is 0 Å². The fourth-order valence-electron chi connectivity index (χ4n) is 2.08. The molecule has 1 aromatic rings. The third-order valence-corrected chi connectivity index (χ3v) is 3.17. The summed E-state index contributed by atoms with van der Waals surface area (Å²) >= 11 is 0. The molecule has 0 unspecified atom stereocenters. The second-order valence-corrected chi connectivity index (χ2v) is 4.69. The Kier molecular flexibility index (Phi) is 2.66. The maximum atomic E-state index is 11.9. The predicted molar refractivity (Wildman–Crippen MR) is 68.4 cm³/mol. The van der Waals surface area contributed by atoms with E-state index in [1.807, 2.05) is 24.3 Å². The lowest BCUT2D eigenvalue weighted by Crippen LogP contribution is -2.46. The molecule has 0 saturated heterocycles. The second kappa shape index (κ2) is 4.33. The zero-order valence-corrected chi connectivity index (χ0v) is 9.98. The van der Waals surface area contributed by atoms with Crippen molar-refractivity contribution in [1.82, 2.24) is 5.32 Å². The molecule has 1 aliphatic heterocycles. The third kappa shape index (κ3) is 2.16. The molecule has 0 radical (unpaired) electrons. The van der Waals surface area contributed by atoms with Gasteiger partial charge in [-0.3, -0.25) is 14.5 Å². The van der Waals surface area contributed by atoms with Crippen LogP contribution < -0.4 is 15.5 Å². The van der Waals surface area contributed by atoms with Crippen molar-refractivity contribution in [3.05, 3.63) is 24.3 Å². The van der Waals surface area contributed by atoms with Gasteiger partial charge < -0.3 is 10.6 Å². The second-order valence-electron chi connectivity index (χ2n) is 4.69. The Hall–Kier alpha value is -2.04. The van der Waals surface area contributed by atoms with Crippen LogP contribution in [0.5, 0.6) is 0 Å². The maximum Gasteiger partial charge on any atom is 0.246 e. The molecule has 1 fully saturated rings. The minimum atomic E-state index is -0.0810. The Morgan fingerprint density at radius 2 is 2.17 bits per heavy atom. The minimum Gasteiger partial charge on any atom is -0.374 e. The summed E-state index contributed by atoms with van der Waals surface area (Å²) in [5, 5.41) is 5.95. The molecule has 18 heavy (non-hydrogen) atoms. The zero-order valence-electron chi connectivity index (χ0n) is 9.98. The van der Waals surface area contributed by atoms with Crippen molar-refractivity contribution in [3.8, 4) is 0 Å². The van der Waals surface area contributed by atoms with Gasteiger partial charge >= 0.3 is 0 Å². The monoisotopic (exact) mass is 245 g/mol. The van der Waals surface area contributed by atoms with Crippen LogP contribution in [0.25, 0.3) is 0 Å². The van der Waals surface area contributed by atoms with Crippen molar-refractivity contribution in [3.63, 3.8) is 0 Å². The lowest BCUT2D eigenvalue weighted by atomic mass is 10.2. The predicted octanol–water partition coefficient (Wildman–Crippen LogP) is 0.724. The van der Waals surface area contributed by atoms with Crippen molar-refractivity contribution in [2.75, 3.05) is 23.3 Å². The molecule has 5 nitrogen and oxygen atoms in total. The van der Waals surface area contributed by atoms with Gasteiger partial charge in [0.1, 0.15) is 6.54 Å². The van der Waals surface area contributed by atoms with E-state index in [1.54, 1.807) is 4.90 Å². The molecule has 0 bridgehead atoms. The van der Waals surface area contributed by atoms with Crippen LogP contribution in [0.4, 0.5) is 11.4 Å². The number of nitrogens with one attached hydrogen (secondary N) is 2. The molecule has 0 spiro atoms. The molecule has 2 amide bonds. The summed E-state index contributed by atoms with van der Waals surface area (Å²) in [6.45, 7) is 0.349. The van der Waals surface area contributed by atoms with Gasteiger partial charge in [0.15, 0.2) is 0 Å². The van der Waals surface area contributed by atoms with E-state index >= 15 is 0 Å². The number of benzene rings is 1. The summed E-state index contributed by atoms with van der Waals surface area (Å²) in [4.78, 5) is 25.2. The van der Waals surface area contributed by atoms with Gasteiger partial charge in [-0.05, 0) is 25.0 Å². The number of nitrogens with zero attached hydrogens (tertiary/aromatic N) is 1. The van der Waals surface area contributed by atoms with E-state index < -0.39 is 0 Å². The van der Waals surface area contributed by atoms with Gasteiger partial charge in [-0.1, -0.05) is 12.1 Å². The van der Waals surface area contributed by atoms with Crippen molar-refractivity contribution < 1.29 is 9.59 Å². The number of anilines is 2. The van der Waals surface area contributed by atoms with Gasteiger partial charge in [0, 0.05) is 6.04 Å². The molecule has 1 saturated carbocycles. The number of carbonyl (C=O) groups excluding carboxylic acids is 2. The molecule has 2 N–H and O–H groups in total. The summed E-state index contributed by atoms with van der Waals surface area (Å²) < 4.78 is 0. The number of hydrogen-bond donors (Lipinski definition) is 2.